The third kappa shape index (κ3) is 11.4. The van der Waals surface area contributed by atoms with E-state index >= 15 is 0 Å². The number of methoxy groups -OCH3 is 2. The van der Waals surface area contributed by atoms with Crippen molar-refractivity contribution in [2.45, 2.75) is 26.6 Å². The Balaban J connectivity index is 0. The number of hydrogen-bond acceptors (Lipinski definition) is 5. The molecule has 134 valence electrons. The van der Waals surface area contributed by atoms with Crippen LogP contribution in [0.25, 0.3) is 0 Å². The van der Waals surface area contributed by atoms with Crippen LogP contribution in [0.3, 0.4) is 0 Å². The topological polar surface area (TPSA) is 60.9 Å². The Kier molecular flexibility index (Phi) is 17.2. The number of rotatable bonds is 6. The smallest absolute Gasteiger partial charge is 0.295 e. The fourth-order valence-corrected chi connectivity index (χ4v) is 1.72. The molecular formula is C15H26BrClN2O4. The molecule has 6 nitrogen and oxygen atoms in total. The van der Waals surface area contributed by atoms with Crippen LogP contribution in [-0.4, -0.2) is 56.0 Å². The Morgan fingerprint density at radius 2 is 1.91 bits per heavy atom. The number of nitrogens with zero attached hydrogens (tertiary/aromatic N) is 2. The molecule has 0 aliphatic carbocycles. The molecule has 1 aromatic rings. The maximum Gasteiger partial charge on any atom is 0.295 e. The number of carbonyl (C=O) groups excluding carboxylic acids is 1. The lowest BCUT2D eigenvalue weighted by molar-refractivity contribution is -0.102. The predicted octanol–water partition coefficient (Wildman–Crippen LogP) is 3.78. The van der Waals surface area contributed by atoms with Crippen LogP contribution in [0, 0.1) is 0 Å². The Morgan fingerprint density at radius 3 is 2.26 bits per heavy atom. The quantitative estimate of drug-likeness (QED) is 0.403. The van der Waals surface area contributed by atoms with Crippen molar-refractivity contribution in [3.63, 3.8) is 0 Å². The van der Waals surface area contributed by atoms with Crippen LogP contribution in [0.5, 0.6) is 0 Å². The minimum atomic E-state index is -0.329. The van der Waals surface area contributed by atoms with Gasteiger partial charge in [-0.1, -0.05) is 41.4 Å². The van der Waals surface area contributed by atoms with Gasteiger partial charge < -0.3 is 9.47 Å². The molecule has 0 spiro atoms. The first-order chi connectivity index (χ1) is 11.0. The molecule has 0 radical (unpaired) electrons. The van der Waals surface area contributed by atoms with Crippen LogP contribution >= 0.6 is 27.5 Å². The van der Waals surface area contributed by atoms with E-state index in [1.165, 1.54) is 26.4 Å². The summed E-state index contributed by atoms with van der Waals surface area (Å²) in [5, 5.41) is 2.47. The van der Waals surface area contributed by atoms with E-state index in [1.807, 2.05) is 13.8 Å². The van der Waals surface area contributed by atoms with E-state index in [0.717, 1.165) is 16.8 Å². The number of halogens is 2. The molecule has 0 N–H and O–H groups in total. The van der Waals surface area contributed by atoms with E-state index in [-0.39, 0.29) is 17.9 Å². The summed E-state index contributed by atoms with van der Waals surface area (Å²) in [5.41, 5.74) is 0.261. The van der Waals surface area contributed by atoms with Gasteiger partial charge in [0, 0.05) is 44.2 Å². The normalized spacial score (nSPS) is 9.43. The average molecular weight is 414 g/mol. The van der Waals surface area contributed by atoms with E-state index in [2.05, 4.69) is 20.9 Å². The molecule has 1 aromatic heterocycles. The molecule has 1 heterocycles. The van der Waals surface area contributed by atoms with Crippen molar-refractivity contribution in [2.24, 2.45) is 0 Å². The lowest BCUT2D eigenvalue weighted by atomic mass is 10.3. The van der Waals surface area contributed by atoms with Crippen LogP contribution in [0.15, 0.2) is 18.3 Å². The Labute approximate surface area is 152 Å². The van der Waals surface area contributed by atoms with Crippen LogP contribution in [-0.2, 0) is 14.3 Å². The summed E-state index contributed by atoms with van der Waals surface area (Å²) in [6, 6.07) is 3.09. The van der Waals surface area contributed by atoms with Crippen LogP contribution in [0.1, 0.15) is 30.8 Å². The zero-order valence-corrected chi connectivity index (χ0v) is 16.8. The molecule has 0 aromatic carbocycles. The molecule has 0 aliphatic heterocycles. The second kappa shape index (κ2) is 16.1. The number of amides is 1. The van der Waals surface area contributed by atoms with Gasteiger partial charge in [-0.3, -0.25) is 14.6 Å². The summed E-state index contributed by atoms with van der Waals surface area (Å²) in [6.07, 6.45) is 2.32. The van der Waals surface area contributed by atoms with Crippen molar-refractivity contribution in [2.75, 3.05) is 33.7 Å². The number of hydroxylamine groups is 2. The highest BCUT2D eigenvalue weighted by molar-refractivity contribution is 9.09. The first-order valence-corrected chi connectivity index (χ1v) is 8.55. The predicted molar refractivity (Wildman–Crippen MR) is 95.9 cm³/mol. The number of carbonyl (C=O) groups is 1. The molecule has 1 rings (SSSR count). The number of aromatic nitrogens is 1. The summed E-state index contributed by atoms with van der Waals surface area (Å²) in [7, 11) is 6.18. The van der Waals surface area contributed by atoms with Gasteiger partial charge in [0.25, 0.3) is 5.91 Å². The lowest BCUT2D eigenvalue weighted by Gasteiger charge is -2.12. The zero-order chi connectivity index (χ0) is 18.3. The van der Waals surface area contributed by atoms with Crippen molar-refractivity contribution >= 4 is 33.4 Å². The third-order valence-corrected chi connectivity index (χ3v) is 3.06. The van der Waals surface area contributed by atoms with Gasteiger partial charge in [0.05, 0.1) is 7.11 Å². The SMILES string of the molecule is CC.COC(CCBr)OC.CON(C)C(=O)c1cc(Cl)ccn1. The largest absolute Gasteiger partial charge is 0.356 e. The zero-order valence-electron chi connectivity index (χ0n) is 14.5. The van der Waals surface area contributed by atoms with Gasteiger partial charge in [-0.05, 0) is 12.1 Å². The van der Waals surface area contributed by atoms with E-state index in [9.17, 15) is 4.79 Å². The Morgan fingerprint density at radius 1 is 1.35 bits per heavy atom. The Hall–Kier alpha value is -0.730. The first kappa shape index (κ1) is 24.5. The van der Waals surface area contributed by atoms with Crippen molar-refractivity contribution in [1.82, 2.24) is 10.0 Å². The molecule has 0 saturated carbocycles. The summed E-state index contributed by atoms with van der Waals surface area (Å²) < 4.78 is 9.78. The van der Waals surface area contributed by atoms with Crippen LogP contribution < -0.4 is 0 Å². The van der Waals surface area contributed by atoms with Crippen molar-refractivity contribution in [3.8, 4) is 0 Å². The van der Waals surface area contributed by atoms with Gasteiger partial charge in [0.15, 0.2) is 6.29 Å². The molecular weight excluding hydrogens is 388 g/mol. The minimum absolute atomic E-state index is 0.0469. The number of pyridine rings is 1. The van der Waals surface area contributed by atoms with Gasteiger partial charge in [-0.15, -0.1) is 0 Å². The standard InChI is InChI=1S/C8H9ClN2O2.C5H11BrO2.C2H6/c1-11(13-2)8(12)7-5-6(9)3-4-10-7;1-7-5(8-2)3-4-6;1-2/h3-5H,1-2H3;5H,3-4H2,1-2H3;1-2H3. The second-order valence-electron chi connectivity index (χ2n) is 3.72. The maximum absolute atomic E-state index is 11.4. The summed E-state index contributed by atoms with van der Waals surface area (Å²) in [6.45, 7) is 4.00. The van der Waals surface area contributed by atoms with E-state index in [1.54, 1.807) is 20.3 Å². The fraction of sp³-hybridized carbons (Fsp3) is 0.600. The molecule has 0 aliphatic rings. The Bertz CT molecular complexity index is 420. The highest BCUT2D eigenvalue weighted by Crippen LogP contribution is 2.09. The van der Waals surface area contributed by atoms with Gasteiger partial charge in [-0.2, -0.15) is 0 Å². The molecule has 23 heavy (non-hydrogen) atoms. The third-order valence-electron chi connectivity index (χ3n) is 2.37. The van der Waals surface area contributed by atoms with Gasteiger partial charge in [0.2, 0.25) is 0 Å². The van der Waals surface area contributed by atoms with Crippen molar-refractivity contribution < 1.29 is 19.1 Å². The fourth-order valence-electron chi connectivity index (χ4n) is 1.19. The van der Waals surface area contributed by atoms with E-state index in [0.29, 0.717) is 5.02 Å². The summed E-state index contributed by atoms with van der Waals surface area (Å²) in [5.74, 6) is -0.329. The molecule has 0 saturated heterocycles. The highest BCUT2D eigenvalue weighted by atomic mass is 79.9. The first-order valence-electron chi connectivity index (χ1n) is 7.05. The minimum Gasteiger partial charge on any atom is -0.356 e. The lowest BCUT2D eigenvalue weighted by Crippen LogP contribution is -2.26. The van der Waals surface area contributed by atoms with Crippen LogP contribution in [0.2, 0.25) is 5.02 Å². The average Bonchev–Trinajstić information content (AvgIpc) is 2.60. The monoisotopic (exact) mass is 412 g/mol. The maximum atomic E-state index is 11.4. The number of ether oxygens (including phenoxy) is 2. The van der Waals surface area contributed by atoms with Gasteiger partial charge >= 0.3 is 0 Å². The van der Waals surface area contributed by atoms with Crippen LogP contribution in [0.4, 0.5) is 0 Å². The van der Waals surface area contributed by atoms with E-state index in [4.69, 9.17) is 25.9 Å². The number of hydrogen-bond donors (Lipinski definition) is 0. The molecule has 0 bridgehead atoms. The highest BCUT2D eigenvalue weighted by Gasteiger charge is 2.12. The second-order valence-corrected chi connectivity index (χ2v) is 4.95. The van der Waals surface area contributed by atoms with Crippen molar-refractivity contribution in [3.05, 3.63) is 29.0 Å². The molecule has 0 unspecified atom stereocenters. The molecule has 1 amide bonds. The molecule has 0 atom stereocenters. The van der Waals surface area contributed by atoms with E-state index < -0.39 is 0 Å². The number of alkyl halides is 1. The van der Waals surface area contributed by atoms with Gasteiger partial charge in [0.1, 0.15) is 5.69 Å². The van der Waals surface area contributed by atoms with Gasteiger partial charge in [-0.25, -0.2) is 5.06 Å². The van der Waals surface area contributed by atoms with Crippen molar-refractivity contribution in [1.29, 1.82) is 0 Å². The molecule has 0 fully saturated rings. The summed E-state index contributed by atoms with van der Waals surface area (Å²) >= 11 is 8.96. The molecule has 8 heteroatoms. The summed E-state index contributed by atoms with van der Waals surface area (Å²) in [4.78, 5) is 20.0.